The molecule has 0 spiro atoms. The molecule has 1 N–H and O–H groups in total. The minimum atomic E-state index is -0.0679. The minimum Gasteiger partial charge on any atom is -0.348 e. The first kappa shape index (κ1) is 13.6. The summed E-state index contributed by atoms with van der Waals surface area (Å²) in [5.41, 5.74) is 3.97. The second-order valence-electron chi connectivity index (χ2n) is 4.50. The van der Waals surface area contributed by atoms with Crippen LogP contribution in [-0.2, 0) is 12.4 Å². The van der Waals surface area contributed by atoms with Gasteiger partial charge in [-0.3, -0.25) is 4.79 Å². The van der Waals surface area contributed by atoms with Crippen LogP contribution in [0.4, 0.5) is 0 Å². The van der Waals surface area contributed by atoms with Crippen LogP contribution in [-0.4, -0.2) is 5.91 Å². The van der Waals surface area contributed by atoms with Gasteiger partial charge < -0.3 is 5.32 Å². The van der Waals surface area contributed by atoms with Gasteiger partial charge in [-0.05, 0) is 30.2 Å². The van der Waals surface area contributed by atoms with E-state index in [0.29, 0.717) is 18.0 Å². The third-order valence-corrected chi connectivity index (χ3v) is 3.25. The van der Waals surface area contributed by atoms with Crippen molar-refractivity contribution in [3.63, 3.8) is 0 Å². The smallest absolute Gasteiger partial charge is 0.251 e. The fraction of sp³-hybridized carbons (Fsp3) is 0.188. The van der Waals surface area contributed by atoms with Crippen LogP contribution in [0.1, 0.15) is 27.0 Å². The first-order valence-electron chi connectivity index (χ1n) is 6.17. The topological polar surface area (TPSA) is 29.1 Å². The predicted octanol–water partition coefficient (Wildman–Crippen LogP) is 3.66. The van der Waals surface area contributed by atoms with Gasteiger partial charge in [-0.1, -0.05) is 42.0 Å². The molecule has 0 saturated heterocycles. The van der Waals surface area contributed by atoms with E-state index in [4.69, 9.17) is 11.6 Å². The molecule has 0 aliphatic rings. The van der Waals surface area contributed by atoms with Gasteiger partial charge in [-0.15, -0.1) is 11.6 Å². The van der Waals surface area contributed by atoms with Crippen molar-refractivity contribution in [3.05, 3.63) is 70.8 Å². The summed E-state index contributed by atoms with van der Waals surface area (Å²) in [6.45, 7) is 2.58. The Bertz CT molecular complexity index is 546. The molecule has 0 fully saturated rings. The summed E-state index contributed by atoms with van der Waals surface area (Å²) < 4.78 is 0. The fourth-order valence-electron chi connectivity index (χ4n) is 1.74. The maximum atomic E-state index is 11.9. The zero-order chi connectivity index (χ0) is 13.7. The highest BCUT2D eigenvalue weighted by Crippen LogP contribution is 2.07. The number of carbonyl (C=O) groups excluding carboxylic acids is 1. The van der Waals surface area contributed by atoms with Crippen molar-refractivity contribution in [2.24, 2.45) is 0 Å². The normalized spacial score (nSPS) is 10.2. The monoisotopic (exact) mass is 273 g/mol. The molecule has 0 aliphatic heterocycles. The lowest BCUT2D eigenvalue weighted by atomic mass is 10.1. The van der Waals surface area contributed by atoms with Gasteiger partial charge >= 0.3 is 0 Å². The van der Waals surface area contributed by atoms with Crippen LogP contribution in [0.5, 0.6) is 0 Å². The number of aryl methyl sites for hydroxylation is 1. The molecule has 0 aromatic heterocycles. The molecule has 2 nitrogen and oxygen atoms in total. The second-order valence-corrected chi connectivity index (χ2v) is 4.77. The number of hydrogen-bond donors (Lipinski definition) is 1. The Hall–Kier alpha value is -1.80. The molecule has 0 atom stereocenters. The number of nitrogens with one attached hydrogen (secondary N) is 1. The molecule has 2 rings (SSSR count). The van der Waals surface area contributed by atoms with Gasteiger partial charge in [0.1, 0.15) is 0 Å². The highest BCUT2D eigenvalue weighted by atomic mass is 35.5. The Morgan fingerprint density at radius 2 is 1.58 bits per heavy atom. The number of halogens is 1. The van der Waals surface area contributed by atoms with E-state index < -0.39 is 0 Å². The van der Waals surface area contributed by atoms with Crippen LogP contribution in [0.3, 0.4) is 0 Å². The summed E-state index contributed by atoms with van der Waals surface area (Å²) in [6, 6.07) is 15.4. The van der Waals surface area contributed by atoms with E-state index in [1.807, 2.05) is 43.3 Å². The summed E-state index contributed by atoms with van der Waals surface area (Å²) in [7, 11) is 0. The second kappa shape index (κ2) is 6.39. The predicted molar refractivity (Wildman–Crippen MR) is 78.3 cm³/mol. The summed E-state index contributed by atoms with van der Waals surface area (Å²) >= 11 is 5.71. The first-order valence-corrected chi connectivity index (χ1v) is 6.71. The molecule has 0 heterocycles. The molecule has 2 aromatic rings. The molecule has 0 radical (unpaired) electrons. The van der Waals surface area contributed by atoms with Crippen molar-refractivity contribution in [3.8, 4) is 0 Å². The zero-order valence-corrected chi connectivity index (χ0v) is 11.6. The third kappa shape index (κ3) is 3.83. The van der Waals surface area contributed by atoms with Crippen molar-refractivity contribution in [1.29, 1.82) is 0 Å². The van der Waals surface area contributed by atoms with Crippen LogP contribution < -0.4 is 5.32 Å². The van der Waals surface area contributed by atoms with Gasteiger partial charge in [0, 0.05) is 18.0 Å². The molecule has 2 aromatic carbocycles. The first-order chi connectivity index (χ1) is 9.19. The highest BCUT2D eigenvalue weighted by molar-refractivity contribution is 6.17. The average molecular weight is 274 g/mol. The summed E-state index contributed by atoms with van der Waals surface area (Å²) in [5.74, 6) is 0.396. The van der Waals surface area contributed by atoms with Crippen molar-refractivity contribution >= 4 is 17.5 Å². The zero-order valence-electron chi connectivity index (χ0n) is 10.8. The van der Waals surface area contributed by atoms with Crippen LogP contribution in [0.2, 0.25) is 0 Å². The summed E-state index contributed by atoms with van der Waals surface area (Å²) in [6.07, 6.45) is 0. The molecular weight excluding hydrogens is 258 g/mol. The maximum Gasteiger partial charge on any atom is 0.251 e. The van der Waals surface area contributed by atoms with Crippen LogP contribution >= 0.6 is 11.6 Å². The number of amides is 1. The number of hydrogen-bond acceptors (Lipinski definition) is 1. The molecule has 0 aliphatic carbocycles. The van der Waals surface area contributed by atoms with Gasteiger partial charge in [0.2, 0.25) is 0 Å². The van der Waals surface area contributed by atoms with E-state index in [9.17, 15) is 4.79 Å². The molecular formula is C16H16ClNO. The largest absolute Gasteiger partial charge is 0.348 e. The molecule has 0 unspecified atom stereocenters. The number of carbonyl (C=O) groups is 1. The van der Waals surface area contributed by atoms with E-state index in [1.165, 1.54) is 5.56 Å². The van der Waals surface area contributed by atoms with E-state index in [1.54, 1.807) is 12.1 Å². The van der Waals surface area contributed by atoms with Gasteiger partial charge in [-0.2, -0.15) is 0 Å². The van der Waals surface area contributed by atoms with Crippen LogP contribution in [0.25, 0.3) is 0 Å². The lowest BCUT2D eigenvalue weighted by Gasteiger charge is -2.06. The average Bonchev–Trinajstić information content (AvgIpc) is 2.46. The quantitative estimate of drug-likeness (QED) is 0.846. The van der Waals surface area contributed by atoms with E-state index in [-0.39, 0.29) is 5.91 Å². The molecule has 98 valence electrons. The maximum absolute atomic E-state index is 11.9. The number of rotatable bonds is 4. The molecule has 0 bridgehead atoms. The lowest BCUT2D eigenvalue weighted by Crippen LogP contribution is -2.22. The summed E-state index contributed by atoms with van der Waals surface area (Å²) in [4.78, 5) is 11.9. The van der Waals surface area contributed by atoms with Crippen molar-refractivity contribution in [2.75, 3.05) is 0 Å². The van der Waals surface area contributed by atoms with Crippen molar-refractivity contribution < 1.29 is 4.79 Å². The fourth-order valence-corrected chi connectivity index (χ4v) is 1.91. The summed E-state index contributed by atoms with van der Waals surface area (Å²) in [5, 5.41) is 2.90. The van der Waals surface area contributed by atoms with Gasteiger partial charge in [-0.25, -0.2) is 0 Å². The Balaban J connectivity index is 1.95. The molecule has 3 heteroatoms. The molecule has 19 heavy (non-hydrogen) atoms. The van der Waals surface area contributed by atoms with Gasteiger partial charge in [0.25, 0.3) is 5.91 Å². The SMILES string of the molecule is Cc1ccc(CNC(=O)c2ccc(CCl)cc2)cc1. The number of alkyl halides is 1. The van der Waals surface area contributed by atoms with Gasteiger partial charge in [0.15, 0.2) is 0 Å². The highest BCUT2D eigenvalue weighted by Gasteiger charge is 2.04. The minimum absolute atomic E-state index is 0.0679. The van der Waals surface area contributed by atoms with Crippen LogP contribution in [0, 0.1) is 6.92 Å². The Morgan fingerprint density at radius 1 is 1.00 bits per heavy atom. The molecule has 0 saturated carbocycles. The lowest BCUT2D eigenvalue weighted by molar-refractivity contribution is 0.0951. The third-order valence-electron chi connectivity index (χ3n) is 2.94. The Labute approximate surface area is 118 Å². The van der Waals surface area contributed by atoms with Crippen molar-refractivity contribution in [1.82, 2.24) is 5.32 Å². The molecule has 1 amide bonds. The van der Waals surface area contributed by atoms with E-state index >= 15 is 0 Å². The Kier molecular flexibility index (Phi) is 4.58. The number of benzene rings is 2. The Morgan fingerprint density at radius 3 is 2.16 bits per heavy atom. The van der Waals surface area contributed by atoms with Crippen LogP contribution in [0.15, 0.2) is 48.5 Å². The van der Waals surface area contributed by atoms with E-state index in [2.05, 4.69) is 5.32 Å². The van der Waals surface area contributed by atoms with Gasteiger partial charge in [0.05, 0.1) is 0 Å². The van der Waals surface area contributed by atoms with E-state index in [0.717, 1.165) is 11.1 Å². The van der Waals surface area contributed by atoms with Crippen molar-refractivity contribution in [2.45, 2.75) is 19.3 Å². The standard InChI is InChI=1S/C16H16ClNO/c1-12-2-4-14(5-3-12)11-18-16(19)15-8-6-13(10-17)7-9-15/h2-9H,10-11H2,1H3,(H,18,19).